The van der Waals surface area contributed by atoms with Crippen molar-refractivity contribution >= 4 is 23.7 Å². The van der Waals surface area contributed by atoms with Gasteiger partial charge in [-0.2, -0.15) is 0 Å². The molecule has 1 aromatic carbocycles. The summed E-state index contributed by atoms with van der Waals surface area (Å²) < 4.78 is 15.5. The highest BCUT2D eigenvalue weighted by atomic mass is 32.2. The Labute approximate surface area is 198 Å². The molecule has 0 bridgehead atoms. The topological polar surface area (TPSA) is 92.2 Å². The summed E-state index contributed by atoms with van der Waals surface area (Å²) >= 11 is 1.21. The molecule has 180 valence electrons. The van der Waals surface area contributed by atoms with Gasteiger partial charge in [0, 0.05) is 12.2 Å². The van der Waals surface area contributed by atoms with E-state index >= 15 is 0 Å². The second-order valence-corrected chi connectivity index (χ2v) is 10.1. The van der Waals surface area contributed by atoms with Crippen LogP contribution in [-0.4, -0.2) is 56.5 Å². The highest BCUT2D eigenvalue weighted by Gasteiger charge is 2.27. The fraction of sp³-hybridized carbons (Fsp3) is 0.565. The lowest BCUT2D eigenvalue weighted by Crippen LogP contribution is -2.43. The van der Waals surface area contributed by atoms with E-state index in [-0.39, 0.29) is 17.8 Å². The largest absolute Gasteiger partial charge is 0.338 e. The molecule has 2 atom stereocenters. The number of hydrogen-bond donors (Lipinski definition) is 2. The van der Waals surface area contributed by atoms with Crippen molar-refractivity contribution in [1.82, 2.24) is 30.3 Å². The van der Waals surface area contributed by atoms with Crippen molar-refractivity contribution < 1.29 is 14.0 Å². The quantitative estimate of drug-likeness (QED) is 0.561. The van der Waals surface area contributed by atoms with Gasteiger partial charge in [-0.1, -0.05) is 32.0 Å². The minimum absolute atomic E-state index is 0.0168. The molecule has 0 radical (unpaired) electrons. The number of aromatic nitrogens is 3. The maximum Gasteiger partial charge on any atom is 0.321 e. The summed E-state index contributed by atoms with van der Waals surface area (Å²) in [6.45, 7) is 10.2. The Balaban J connectivity index is 1.80. The standard InChI is InChI=1S/C23H33FN6O2S/c1-15(2)14-25-22(32)26-21(31)17(4)33-23-28-27-20(16(3)29-12-6-5-7-13-29)30(23)19-10-8-18(24)9-11-19/h8-11,15-17H,5-7,12-14H2,1-4H3,(H2,25,26,31,32). The van der Waals surface area contributed by atoms with Crippen LogP contribution in [0.5, 0.6) is 0 Å². The Kier molecular flexibility index (Phi) is 8.85. The minimum Gasteiger partial charge on any atom is -0.338 e. The number of benzene rings is 1. The van der Waals surface area contributed by atoms with Crippen LogP contribution in [0.2, 0.25) is 0 Å². The average Bonchev–Trinajstić information content (AvgIpc) is 3.21. The van der Waals surface area contributed by atoms with Crippen molar-refractivity contribution in [2.45, 2.75) is 63.4 Å². The molecule has 1 aliphatic heterocycles. The first kappa shape index (κ1) is 25.2. The van der Waals surface area contributed by atoms with Crippen molar-refractivity contribution in [3.63, 3.8) is 0 Å². The number of nitrogens with one attached hydrogen (secondary N) is 2. The van der Waals surface area contributed by atoms with E-state index in [0.29, 0.717) is 11.7 Å². The molecular formula is C23H33FN6O2S. The highest BCUT2D eigenvalue weighted by molar-refractivity contribution is 8.00. The average molecular weight is 477 g/mol. The number of amides is 3. The van der Waals surface area contributed by atoms with Crippen LogP contribution < -0.4 is 10.6 Å². The zero-order chi connectivity index (χ0) is 24.0. The molecule has 2 aromatic rings. The van der Waals surface area contributed by atoms with E-state index in [1.54, 1.807) is 19.1 Å². The SMILES string of the molecule is CC(C)CNC(=O)NC(=O)C(C)Sc1nnc(C(C)N2CCCCC2)n1-c1ccc(F)cc1. The van der Waals surface area contributed by atoms with Gasteiger partial charge >= 0.3 is 6.03 Å². The maximum absolute atomic E-state index is 13.6. The molecule has 2 unspecified atom stereocenters. The Morgan fingerprint density at radius 1 is 1.06 bits per heavy atom. The Morgan fingerprint density at radius 3 is 2.36 bits per heavy atom. The van der Waals surface area contributed by atoms with E-state index in [9.17, 15) is 14.0 Å². The van der Waals surface area contributed by atoms with Crippen LogP contribution in [0.1, 0.15) is 58.8 Å². The summed E-state index contributed by atoms with van der Waals surface area (Å²) in [7, 11) is 0. The molecular weight excluding hydrogens is 443 g/mol. The lowest BCUT2D eigenvalue weighted by atomic mass is 10.1. The highest BCUT2D eigenvalue weighted by Crippen LogP contribution is 2.31. The normalized spacial score (nSPS) is 16.4. The molecule has 1 aliphatic rings. The number of halogens is 1. The lowest BCUT2D eigenvalue weighted by Gasteiger charge is -2.32. The molecule has 1 saturated heterocycles. The van der Waals surface area contributed by atoms with E-state index in [2.05, 4.69) is 32.7 Å². The third kappa shape index (κ3) is 6.77. The molecule has 2 N–H and O–H groups in total. The van der Waals surface area contributed by atoms with E-state index < -0.39 is 17.2 Å². The first-order chi connectivity index (χ1) is 15.8. The van der Waals surface area contributed by atoms with Crippen LogP contribution in [0.4, 0.5) is 9.18 Å². The molecule has 3 amide bonds. The van der Waals surface area contributed by atoms with Crippen molar-refractivity contribution in [3.05, 3.63) is 35.9 Å². The molecule has 10 heteroatoms. The first-order valence-corrected chi connectivity index (χ1v) is 12.3. The molecule has 0 aliphatic carbocycles. The number of carbonyl (C=O) groups is 2. The number of thioether (sulfide) groups is 1. The summed E-state index contributed by atoms with van der Waals surface area (Å²) in [5, 5.41) is 13.8. The zero-order valence-corrected chi connectivity index (χ0v) is 20.5. The number of imide groups is 1. The van der Waals surface area contributed by atoms with E-state index in [1.165, 1.54) is 30.3 Å². The third-order valence-electron chi connectivity index (χ3n) is 5.61. The fourth-order valence-corrected chi connectivity index (χ4v) is 4.57. The molecule has 33 heavy (non-hydrogen) atoms. The monoisotopic (exact) mass is 476 g/mol. The van der Waals surface area contributed by atoms with Gasteiger partial charge in [0.15, 0.2) is 11.0 Å². The van der Waals surface area contributed by atoms with Gasteiger partial charge < -0.3 is 5.32 Å². The van der Waals surface area contributed by atoms with E-state index in [4.69, 9.17) is 0 Å². The second kappa shape index (κ2) is 11.6. The summed E-state index contributed by atoms with van der Waals surface area (Å²) in [4.78, 5) is 26.9. The molecule has 3 rings (SSSR count). The number of carbonyl (C=O) groups excluding carboxylic acids is 2. The van der Waals surface area contributed by atoms with Gasteiger partial charge in [0.05, 0.1) is 11.3 Å². The molecule has 1 aromatic heterocycles. The molecule has 8 nitrogen and oxygen atoms in total. The third-order valence-corrected chi connectivity index (χ3v) is 6.66. The van der Waals surface area contributed by atoms with Crippen LogP contribution >= 0.6 is 11.8 Å². The van der Waals surface area contributed by atoms with Crippen LogP contribution in [0.25, 0.3) is 5.69 Å². The zero-order valence-electron chi connectivity index (χ0n) is 19.7. The first-order valence-electron chi connectivity index (χ1n) is 11.5. The predicted molar refractivity (Wildman–Crippen MR) is 127 cm³/mol. The van der Waals surface area contributed by atoms with E-state index in [0.717, 1.165) is 37.4 Å². The van der Waals surface area contributed by atoms with Gasteiger partial charge in [-0.3, -0.25) is 19.6 Å². The van der Waals surface area contributed by atoms with Crippen LogP contribution in [0.15, 0.2) is 29.4 Å². The van der Waals surface area contributed by atoms with Gasteiger partial charge in [-0.05, 0) is 70.0 Å². The van der Waals surface area contributed by atoms with Gasteiger partial charge in [0.1, 0.15) is 5.82 Å². The Bertz CT molecular complexity index is 943. The molecule has 0 spiro atoms. The summed E-state index contributed by atoms with van der Waals surface area (Å²) in [5.41, 5.74) is 0.727. The van der Waals surface area contributed by atoms with Crippen molar-refractivity contribution in [3.8, 4) is 5.69 Å². The van der Waals surface area contributed by atoms with Crippen molar-refractivity contribution in [1.29, 1.82) is 0 Å². The lowest BCUT2D eigenvalue weighted by molar-refractivity contribution is -0.119. The molecule has 0 saturated carbocycles. The van der Waals surface area contributed by atoms with Gasteiger partial charge in [0.25, 0.3) is 0 Å². The van der Waals surface area contributed by atoms with Crippen LogP contribution in [0, 0.1) is 11.7 Å². The number of piperidine rings is 1. The van der Waals surface area contributed by atoms with Gasteiger partial charge in [-0.15, -0.1) is 10.2 Å². The Morgan fingerprint density at radius 2 is 1.73 bits per heavy atom. The van der Waals surface area contributed by atoms with Gasteiger partial charge in [-0.25, -0.2) is 9.18 Å². The number of nitrogens with zero attached hydrogens (tertiary/aromatic N) is 4. The number of hydrogen-bond acceptors (Lipinski definition) is 6. The van der Waals surface area contributed by atoms with Crippen molar-refractivity contribution in [2.75, 3.05) is 19.6 Å². The maximum atomic E-state index is 13.6. The summed E-state index contributed by atoms with van der Waals surface area (Å²) in [6, 6.07) is 5.66. The van der Waals surface area contributed by atoms with Crippen LogP contribution in [-0.2, 0) is 4.79 Å². The smallest absolute Gasteiger partial charge is 0.321 e. The minimum atomic E-state index is -0.587. The second-order valence-electron chi connectivity index (χ2n) is 8.78. The number of likely N-dealkylation sites (tertiary alicyclic amines) is 1. The number of rotatable bonds is 8. The predicted octanol–water partition coefficient (Wildman–Crippen LogP) is 3.92. The van der Waals surface area contributed by atoms with Crippen molar-refractivity contribution in [2.24, 2.45) is 5.92 Å². The summed E-state index contributed by atoms with van der Waals surface area (Å²) in [6.07, 6.45) is 3.52. The number of urea groups is 1. The summed E-state index contributed by atoms with van der Waals surface area (Å²) in [5.74, 6) is 0.285. The van der Waals surface area contributed by atoms with Crippen LogP contribution in [0.3, 0.4) is 0 Å². The molecule has 2 heterocycles. The fourth-order valence-electron chi connectivity index (χ4n) is 3.70. The molecule has 1 fully saturated rings. The van der Waals surface area contributed by atoms with E-state index in [1.807, 2.05) is 18.4 Å². The Hall–Kier alpha value is -2.46. The van der Waals surface area contributed by atoms with Gasteiger partial charge in [0.2, 0.25) is 5.91 Å².